The largest absolute Gasteiger partial charge is 0.484 e. The number of aliphatic hydroxyl groups excluding tert-OH is 1. The van der Waals surface area contributed by atoms with Gasteiger partial charge in [-0.2, -0.15) is 0 Å². The maximum Gasteiger partial charge on any atom is 0.260 e. The van der Waals surface area contributed by atoms with E-state index in [0.29, 0.717) is 5.75 Å². The Morgan fingerprint density at radius 1 is 1.29 bits per heavy atom. The molecule has 1 aromatic rings. The van der Waals surface area contributed by atoms with Gasteiger partial charge < -0.3 is 14.7 Å². The molecule has 1 saturated heterocycles. The molecule has 24 heavy (non-hydrogen) atoms. The van der Waals surface area contributed by atoms with Crippen molar-refractivity contribution in [2.45, 2.75) is 43.9 Å². The number of aliphatic hydroxyl groups is 1. The molecular weight excluding hydrogens is 311 g/mol. The van der Waals surface area contributed by atoms with Crippen LogP contribution in [0.1, 0.15) is 25.7 Å². The summed E-state index contributed by atoms with van der Waals surface area (Å²) in [6, 6.07) is 5.58. The van der Waals surface area contributed by atoms with Gasteiger partial charge in [-0.25, -0.2) is 4.39 Å². The van der Waals surface area contributed by atoms with Gasteiger partial charge in [0.05, 0.1) is 12.1 Å². The molecule has 1 heterocycles. The zero-order valence-electron chi connectivity index (χ0n) is 14.0. The highest BCUT2D eigenvalue weighted by molar-refractivity contribution is 5.78. The van der Waals surface area contributed by atoms with E-state index in [-0.39, 0.29) is 30.4 Å². The first-order chi connectivity index (χ1) is 11.6. The van der Waals surface area contributed by atoms with Crippen LogP contribution in [0.5, 0.6) is 5.75 Å². The van der Waals surface area contributed by atoms with Crippen LogP contribution in [0.25, 0.3) is 0 Å². The molecule has 6 heteroatoms. The topological polar surface area (TPSA) is 53.0 Å². The van der Waals surface area contributed by atoms with Crippen molar-refractivity contribution in [1.82, 2.24) is 9.80 Å². The zero-order chi connectivity index (χ0) is 17.1. The fourth-order valence-electron chi connectivity index (χ4n) is 3.80. The average molecular weight is 336 g/mol. The quantitative estimate of drug-likeness (QED) is 0.888. The van der Waals surface area contributed by atoms with E-state index >= 15 is 0 Å². The van der Waals surface area contributed by atoms with Gasteiger partial charge >= 0.3 is 0 Å². The first kappa shape index (κ1) is 17.2. The summed E-state index contributed by atoms with van der Waals surface area (Å²) in [6.45, 7) is 1.97. The van der Waals surface area contributed by atoms with Crippen molar-refractivity contribution in [2.75, 3.05) is 26.7 Å². The molecule has 2 aliphatic rings. The summed E-state index contributed by atoms with van der Waals surface area (Å²) >= 11 is 0. The van der Waals surface area contributed by atoms with Crippen LogP contribution in [0.3, 0.4) is 0 Å². The van der Waals surface area contributed by atoms with Gasteiger partial charge in [0.1, 0.15) is 11.6 Å². The molecule has 1 amide bonds. The second kappa shape index (κ2) is 7.49. The van der Waals surface area contributed by atoms with E-state index in [9.17, 15) is 14.3 Å². The minimum atomic E-state index is -0.511. The highest BCUT2D eigenvalue weighted by Crippen LogP contribution is 2.30. The maximum atomic E-state index is 12.9. The Balaban J connectivity index is 1.52. The van der Waals surface area contributed by atoms with E-state index in [2.05, 4.69) is 4.90 Å². The average Bonchev–Trinajstić information content (AvgIpc) is 3.22. The van der Waals surface area contributed by atoms with Crippen molar-refractivity contribution in [3.05, 3.63) is 30.1 Å². The van der Waals surface area contributed by atoms with E-state index in [1.165, 1.54) is 37.1 Å². The number of likely N-dealkylation sites (tertiary alicyclic amines) is 1. The first-order valence-electron chi connectivity index (χ1n) is 8.62. The molecular formula is C18H25FN2O3. The number of nitrogens with zero attached hydrogens (tertiary/aromatic N) is 2. The van der Waals surface area contributed by atoms with Crippen LogP contribution in [0, 0.1) is 5.82 Å². The Labute approximate surface area is 142 Å². The molecule has 3 atom stereocenters. The number of carbonyl (C=O) groups is 1. The first-order valence-corrected chi connectivity index (χ1v) is 8.62. The second-order valence-corrected chi connectivity index (χ2v) is 6.69. The summed E-state index contributed by atoms with van der Waals surface area (Å²) in [4.78, 5) is 16.3. The molecule has 1 aromatic carbocycles. The molecule has 0 radical (unpaired) electrons. The number of halogens is 1. The van der Waals surface area contributed by atoms with E-state index in [4.69, 9.17) is 4.74 Å². The minimum absolute atomic E-state index is 0.111. The van der Waals surface area contributed by atoms with E-state index < -0.39 is 6.10 Å². The third-order valence-electron chi connectivity index (χ3n) is 5.22. The Morgan fingerprint density at radius 2 is 1.96 bits per heavy atom. The Morgan fingerprint density at radius 3 is 2.62 bits per heavy atom. The molecule has 1 saturated carbocycles. The predicted octanol–water partition coefficient (Wildman–Crippen LogP) is 1.65. The van der Waals surface area contributed by atoms with Crippen molar-refractivity contribution in [2.24, 2.45) is 0 Å². The van der Waals surface area contributed by atoms with Crippen LogP contribution < -0.4 is 4.74 Å². The molecule has 132 valence electrons. The SMILES string of the molecule is CN(C(=O)COc1ccc(F)cc1)[C@@H]1CC[C@@H](N2CCCC2)[C@@H]1O. The summed E-state index contributed by atoms with van der Waals surface area (Å²) in [5.41, 5.74) is 0. The van der Waals surface area contributed by atoms with Crippen molar-refractivity contribution >= 4 is 5.91 Å². The molecule has 2 fully saturated rings. The number of amides is 1. The van der Waals surface area contributed by atoms with Gasteiger partial charge in [-0.05, 0) is 63.0 Å². The Kier molecular flexibility index (Phi) is 5.36. The van der Waals surface area contributed by atoms with Crippen molar-refractivity contribution in [3.63, 3.8) is 0 Å². The third kappa shape index (κ3) is 3.70. The van der Waals surface area contributed by atoms with Gasteiger partial charge in [0, 0.05) is 13.1 Å². The fourth-order valence-corrected chi connectivity index (χ4v) is 3.80. The highest BCUT2D eigenvalue weighted by Gasteiger charge is 2.41. The Hall–Kier alpha value is -1.66. The number of hydrogen-bond donors (Lipinski definition) is 1. The number of likely N-dealkylation sites (N-methyl/N-ethyl adjacent to an activating group) is 1. The zero-order valence-corrected chi connectivity index (χ0v) is 14.0. The number of carbonyl (C=O) groups excluding carboxylic acids is 1. The lowest BCUT2D eigenvalue weighted by atomic mass is 10.1. The van der Waals surface area contributed by atoms with E-state index in [0.717, 1.165) is 25.9 Å². The van der Waals surface area contributed by atoms with Gasteiger partial charge in [0.15, 0.2) is 6.61 Å². The maximum absolute atomic E-state index is 12.9. The van der Waals surface area contributed by atoms with E-state index in [1.807, 2.05) is 0 Å². The van der Waals surface area contributed by atoms with Crippen LogP contribution >= 0.6 is 0 Å². The molecule has 1 aliphatic carbocycles. The normalized spacial score (nSPS) is 27.4. The van der Waals surface area contributed by atoms with Gasteiger partial charge in [-0.3, -0.25) is 9.69 Å². The van der Waals surface area contributed by atoms with Crippen LogP contribution in [0.15, 0.2) is 24.3 Å². The van der Waals surface area contributed by atoms with Crippen LogP contribution in [0.2, 0.25) is 0 Å². The van der Waals surface area contributed by atoms with Crippen LogP contribution in [-0.4, -0.2) is 65.7 Å². The third-order valence-corrected chi connectivity index (χ3v) is 5.22. The second-order valence-electron chi connectivity index (χ2n) is 6.69. The molecule has 0 bridgehead atoms. The summed E-state index contributed by atoms with van der Waals surface area (Å²) in [6.07, 6.45) is 3.59. The summed E-state index contributed by atoms with van der Waals surface area (Å²) in [7, 11) is 1.72. The summed E-state index contributed by atoms with van der Waals surface area (Å²) in [5, 5.41) is 10.6. The fraction of sp³-hybridized carbons (Fsp3) is 0.611. The van der Waals surface area contributed by atoms with Crippen molar-refractivity contribution in [1.29, 1.82) is 0 Å². The molecule has 1 aliphatic heterocycles. The standard InChI is InChI=1S/C18H25FN2O3/c1-20(17(22)12-24-14-6-4-13(19)5-7-14)15-8-9-16(18(15)23)21-10-2-3-11-21/h4-7,15-16,18,23H,2-3,8-12H2,1H3/t15-,16-,18-/m1/s1. The predicted molar refractivity (Wildman–Crippen MR) is 88.3 cm³/mol. The van der Waals surface area contributed by atoms with Gasteiger partial charge in [-0.15, -0.1) is 0 Å². The lowest BCUT2D eigenvalue weighted by molar-refractivity contribution is -0.136. The lowest BCUT2D eigenvalue weighted by Gasteiger charge is -2.32. The molecule has 0 unspecified atom stereocenters. The number of benzene rings is 1. The Bertz CT molecular complexity index is 560. The number of ether oxygens (including phenoxy) is 1. The van der Waals surface area contributed by atoms with Gasteiger partial charge in [0.25, 0.3) is 5.91 Å². The van der Waals surface area contributed by atoms with Crippen LogP contribution in [0.4, 0.5) is 4.39 Å². The highest BCUT2D eigenvalue weighted by atomic mass is 19.1. The van der Waals surface area contributed by atoms with Gasteiger partial charge in [0.2, 0.25) is 0 Å². The molecule has 0 aromatic heterocycles. The number of rotatable bonds is 5. The molecule has 3 rings (SSSR count). The molecule has 5 nitrogen and oxygen atoms in total. The van der Waals surface area contributed by atoms with Crippen molar-refractivity contribution in [3.8, 4) is 5.75 Å². The summed E-state index contributed by atoms with van der Waals surface area (Å²) < 4.78 is 18.3. The van der Waals surface area contributed by atoms with Crippen molar-refractivity contribution < 1.29 is 19.0 Å². The van der Waals surface area contributed by atoms with Crippen LogP contribution in [-0.2, 0) is 4.79 Å². The molecule has 1 N–H and O–H groups in total. The monoisotopic (exact) mass is 336 g/mol. The lowest BCUT2D eigenvalue weighted by Crippen LogP contribution is -2.49. The van der Waals surface area contributed by atoms with Gasteiger partial charge in [-0.1, -0.05) is 0 Å². The number of hydrogen-bond acceptors (Lipinski definition) is 4. The minimum Gasteiger partial charge on any atom is -0.484 e. The summed E-state index contributed by atoms with van der Waals surface area (Å²) in [5.74, 6) is -0.0571. The molecule has 0 spiro atoms. The van der Waals surface area contributed by atoms with E-state index in [1.54, 1.807) is 11.9 Å². The smallest absolute Gasteiger partial charge is 0.260 e.